The first-order valence-electron chi connectivity index (χ1n) is 8.45. The Kier molecular flexibility index (Phi) is 6.06. The van der Waals surface area contributed by atoms with Crippen molar-refractivity contribution < 1.29 is 23.4 Å². The van der Waals surface area contributed by atoms with Crippen molar-refractivity contribution in [2.24, 2.45) is 0 Å². The number of carbonyl (C=O) groups excluding carboxylic acids is 1. The molecule has 0 aliphatic heterocycles. The smallest absolute Gasteiger partial charge is 0.258 e. The number of pyridine rings is 1. The van der Waals surface area contributed by atoms with Crippen LogP contribution in [0.1, 0.15) is 15.9 Å². The summed E-state index contributed by atoms with van der Waals surface area (Å²) in [6, 6.07) is 12.7. The normalized spacial score (nSPS) is 10.2. The minimum absolute atomic E-state index is 0.0872. The molecule has 144 valence electrons. The zero-order valence-electron chi connectivity index (χ0n) is 15.4. The highest BCUT2D eigenvalue weighted by molar-refractivity contribution is 6.04. The summed E-state index contributed by atoms with van der Waals surface area (Å²) in [4.78, 5) is 16.4. The number of amides is 1. The van der Waals surface area contributed by atoms with Gasteiger partial charge in [0, 0.05) is 30.2 Å². The van der Waals surface area contributed by atoms with Crippen LogP contribution in [0.2, 0.25) is 0 Å². The van der Waals surface area contributed by atoms with E-state index >= 15 is 0 Å². The van der Waals surface area contributed by atoms with Crippen molar-refractivity contribution in [2.75, 3.05) is 19.5 Å². The zero-order valence-corrected chi connectivity index (χ0v) is 15.4. The highest BCUT2D eigenvalue weighted by Crippen LogP contribution is 2.31. The number of hydrogen-bond acceptors (Lipinski definition) is 5. The summed E-state index contributed by atoms with van der Waals surface area (Å²) in [6.07, 6.45) is 3.35. The van der Waals surface area contributed by atoms with Crippen molar-refractivity contribution in [1.82, 2.24) is 4.98 Å². The van der Waals surface area contributed by atoms with Gasteiger partial charge < -0.3 is 19.5 Å². The average Bonchev–Trinajstić information content (AvgIpc) is 2.72. The molecule has 3 rings (SSSR count). The number of benzene rings is 2. The van der Waals surface area contributed by atoms with Crippen molar-refractivity contribution in [3.05, 3.63) is 77.9 Å². The number of anilines is 1. The van der Waals surface area contributed by atoms with E-state index in [4.69, 9.17) is 14.2 Å². The molecule has 0 aliphatic rings. The lowest BCUT2D eigenvalue weighted by Crippen LogP contribution is -2.14. The van der Waals surface area contributed by atoms with Gasteiger partial charge in [0.15, 0.2) is 11.5 Å². The van der Waals surface area contributed by atoms with E-state index in [1.54, 1.807) is 30.6 Å². The molecule has 0 aliphatic carbocycles. The molecule has 0 atom stereocenters. The number of rotatable bonds is 7. The van der Waals surface area contributed by atoms with E-state index in [1.165, 1.54) is 26.4 Å². The van der Waals surface area contributed by atoms with Crippen LogP contribution in [-0.2, 0) is 6.61 Å². The molecule has 1 amide bonds. The number of hydrogen-bond donors (Lipinski definition) is 1. The Morgan fingerprint density at radius 3 is 2.46 bits per heavy atom. The van der Waals surface area contributed by atoms with Gasteiger partial charge in [-0.1, -0.05) is 0 Å². The SMILES string of the molecule is COc1ccc(C(=O)Nc2ccc(OC)c(OCc3ccncc3)c2)c(F)c1. The molecule has 2 aromatic carbocycles. The number of carbonyl (C=O) groups is 1. The lowest BCUT2D eigenvalue weighted by Gasteiger charge is -2.13. The molecule has 0 saturated carbocycles. The standard InChI is InChI=1S/C21H19FN2O4/c1-26-16-4-5-17(18(22)12-16)21(25)24-15-3-6-19(27-2)20(11-15)28-13-14-7-9-23-10-8-14/h3-12H,13H2,1-2H3,(H,24,25). The predicted octanol–water partition coefficient (Wildman–Crippen LogP) is 4.07. The third kappa shape index (κ3) is 4.56. The summed E-state index contributed by atoms with van der Waals surface area (Å²) >= 11 is 0. The van der Waals surface area contributed by atoms with Gasteiger partial charge in [-0.2, -0.15) is 0 Å². The second kappa shape index (κ2) is 8.85. The molecule has 0 bridgehead atoms. The fourth-order valence-electron chi connectivity index (χ4n) is 2.51. The Morgan fingerprint density at radius 2 is 1.79 bits per heavy atom. The number of nitrogens with one attached hydrogen (secondary N) is 1. The summed E-state index contributed by atoms with van der Waals surface area (Å²) in [7, 11) is 2.96. The number of nitrogens with zero attached hydrogens (tertiary/aromatic N) is 1. The van der Waals surface area contributed by atoms with Crippen LogP contribution in [0.4, 0.5) is 10.1 Å². The van der Waals surface area contributed by atoms with Gasteiger partial charge in [0.05, 0.1) is 19.8 Å². The van der Waals surface area contributed by atoms with Crippen molar-refractivity contribution >= 4 is 11.6 Å². The first kappa shape index (κ1) is 19.2. The molecule has 6 nitrogen and oxygen atoms in total. The number of ether oxygens (including phenoxy) is 3. The van der Waals surface area contributed by atoms with Crippen LogP contribution in [0, 0.1) is 5.82 Å². The summed E-state index contributed by atoms with van der Waals surface area (Å²) in [5, 5.41) is 2.66. The predicted molar refractivity (Wildman–Crippen MR) is 102 cm³/mol. The van der Waals surface area contributed by atoms with Crippen LogP contribution in [0.5, 0.6) is 17.2 Å². The first-order chi connectivity index (χ1) is 13.6. The van der Waals surface area contributed by atoms with E-state index < -0.39 is 11.7 Å². The fourth-order valence-corrected chi connectivity index (χ4v) is 2.51. The molecule has 1 aromatic heterocycles. The molecule has 0 unspecified atom stereocenters. The molecule has 28 heavy (non-hydrogen) atoms. The largest absolute Gasteiger partial charge is 0.497 e. The van der Waals surface area contributed by atoms with E-state index in [-0.39, 0.29) is 5.56 Å². The highest BCUT2D eigenvalue weighted by atomic mass is 19.1. The fraction of sp³-hybridized carbons (Fsp3) is 0.143. The third-order valence-corrected chi connectivity index (χ3v) is 3.99. The molecular formula is C21H19FN2O4. The molecule has 0 radical (unpaired) electrons. The number of methoxy groups -OCH3 is 2. The molecular weight excluding hydrogens is 363 g/mol. The maximum absolute atomic E-state index is 14.1. The lowest BCUT2D eigenvalue weighted by atomic mass is 10.2. The number of aromatic nitrogens is 1. The van der Waals surface area contributed by atoms with E-state index in [2.05, 4.69) is 10.3 Å². The van der Waals surface area contributed by atoms with Crippen LogP contribution < -0.4 is 19.5 Å². The molecule has 0 saturated heterocycles. The second-order valence-corrected chi connectivity index (χ2v) is 5.81. The van der Waals surface area contributed by atoms with E-state index in [0.29, 0.717) is 29.5 Å². The Hall–Kier alpha value is -3.61. The summed E-state index contributed by atoms with van der Waals surface area (Å²) < 4.78 is 30.2. The molecule has 3 aromatic rings. The molecule has 1 heterocycles. The quantitative estimate of drug-likeness (QED) is 0.667. The monoisotopic (exact) mass is 382 g/mol. The molecule has 7 heteroatoms. The lowest BCUT2D eigenvalue weighted by molar-refractivity contribution is 0.102. The van der Waals surface area contributed by atoms with Crippen molar-refractivity contribution in [3.8, 4) is 17.2 Å². The van der Waals surface area contributed by atoms with Gasteiger partial charge in [0.2, 0.25) is 0 Å². The van der Waals surface area contributed by atoms with Crippen LogP contribution in [0.15, 0.2) is 60.9 Å². The van der Waals surface area contributed by atoms with Crippen molar-refractivity contribution in [3.63, 3.8) is 0 Å². The van der Waals surface area contributed by atoms with Crippen LogP contribution in [0.3, 0.4) is 0 Å². The summed E-state index contributed by atoms with van der Waals surface area (Å²) in [6.45, 7) is 0.309. The minimum atomic E-state index is -0.667. The van der Waals surface area contributed by atoms with Gasteiger partial charge in [0.1, 0.15) is 18.2 Å². The third-order valence-electron chi connectivity index (χ3n) is 3.99. The van der Waals surface area contributed by atoms with Crippen molar-refractivity contribution in [1.29, 1.82) is 0 Å². The maximum atomic E-state index is 14.1. The zero-order chi connectivity index (χ0) is 19.9. The van der Waals surface area contributed by atoms with Gasteiger partial charge in [-0.15, -0.1) is 0 Å². The maximum Gasteiger partial charge on any atom is 0.258 e. The first-order valence-corrected chi connectivity index (χ1v) is 8.45. The van der Waals surface area contributed by atoms with Crippen LogP contribution >= 0.6 is 0 Å². The van der Waals surface area contributed by atoms with E-state index in [0.717, 1.165) is 11.6 Å². The van der Waals surface area contributed by atoms with E-state index in [9.17, 15) is 9.18 Å². The van der Waals surface area contributed by atoms with E-state index in [1.807, 2.05) is 12.1 Å². The summed E-state index contributed by atoms with van der Waals surface area (Å²) in [5.41, 5.74) is 1.30. The minimum Gasteiger partial charge on any atom is -0.497 e. The van der Waals surface area contributed by atoms with Gasteiger partial charge in [-0.25, -0.2) is 4.39 Å². The van der Waals surface area contributed by atoms with Crippen molar-refractivity contribution in [2.45, 2.75) is 6.61 Å². The summed E-state index contributed by atoms with van der Waals surface area (Å²) in [5.74, 6) is 0.0604. The molecule has 0 fully saturated rings. The van der Waals surface area contributed by atoms with Gasteiger partial charge in [0.25, 0.3) is 5.91 Å². The van der Waals surface area contributed by atoms with Gasteiger partial charge >= 0.3 is 0 Å². The molecule has 1 N–H and O–H groups in total. The van der Waals surface area contributed by atoms with Crippen LogP contribution in [-0.4, -0.2) is 25.1 Å². The molecule has 0 spiro atoms. The Balaban J connectivity index is 1.76. The topological polar surface area (TPSA) is 69.7 Å². The average molecular weight is 382 g/mol. The Labute approximate surface area is 161 Å². The Bertz CT molecular complexity index is 964. The number of halogens is 1. The van der Waals surface area contributed by atoms with Crippen LogP contribution in [0.25, 0.3) is 0 Å². The van der Waals surface area contributed by atoms with Gasteiger partial charge in [-0.05, 0) is 42.0 Å². The Morgan fingerprint density at radius 1 is 1.00 bits per heavy atom. The van der Waals surface area contributed by atoms with Gasteiger partial charge in [-0.3, -0.25) is 9.78 Å². The second-order valence-electron chi connectivity index (χ2n) is 5.81. The highest BCUT2D eigenvalue weighted by Gasteiger charge is 2.14.